The lowest BCUT2D eigenvalue weighted by Gasteiger charge is -2.19. The van der Waals surface area contributed by atoms with Gasteiger partial charge in [0.1, 0.15) is 5.76 Å². The first kappa shape index (κ1) is 23.3. The second-order valence-corrected chi connectivity index (χ2v) is 6.83. The molecule has 0 bridgehead atoms. The quantitative estimate of drug-likeness (QED) is 0.770. The van der Waals surface area contributed by atoms with Gasteiger partial charge in [-0.15, -0.1) is 0 Å². The largest absolute Gasteiger partial charge is 0.490 e. The van der Waals surface area contributed by atoms with Crippen molar-refractivity contribution in [2.45, 2.75) is 38.8 Å². The van der Waals surface area contributed by atoms with Crippen molar-refractivity contribution >= 4 is 12.0 Å². The maximum atomic E-state index is 11.7. The van der Waals surface area contributed by atoms with E-state index in [0.29, 0.717) is 6.54 Å². The molecule has 0 atom stereocenters. The molecule has 166 valence electrons. The Morgan fingerprint density at radius 3 is 2.60 bits per heavy atom. The Kier molecular flexibility index (Phi) is 7.86. The number of rotatable bonds is 4. The van der Waals surface area contributed by atoms with Crippen LogP contribution in [0.3, 0.4) is 0 Å². The van der Waals surface area contributed by atoms with Gasteiger partial charge in [-0.25, -0.2) is 14.6 Å². The van der Waals surface area contributed by atoms with Crippen LogP contribution in [0.25, 0.3) is 0 Å². The van der Waals surface area contributed by atoms with Crippen molar-refractivity contribution in [2.24, 2.45) is 0 Å². The second kappa shape index (κ2) is 10.1. The number of furan rings is 1. The van der Waals surface area contributed by atoms with Crippen LogP contribution in [0.5, 0.6) is 0 Å². The summed E-state index contributed by atoms with van der Waals surface area (Å²) in [5.74, 6) is -1.78. The summed E-state index contributed by atoms with van der Waals surface area (Å²) in [6, 6.07) is 3.81. The Bertz CT molecular complexity index is 833. The zero-order valence-corrected chi connectivity index (χ0v) is 16.6. The first-order chi connectivity index (χ1) is 14.1. The summed E-state index contributed by atoms with van der Waals surface area (Å²) in [7, 11) is 3.46. The van der Waals surface area contributed by atoms with E-state index >= 15 is 0 Å². The zero-order valence-electron chi connectivity index (χ0n) is 16.6. The normalized spacial score (nSPS) is 14.2. The van der Waals surface area contributed by atoms with Crippen molar-refractivity contribution in [3.63, 3.8) is 0 Å². The number of carbonyl (C=O) groups is 2. The number of imidazole rings is 1. The Hall–Kier alpha value is -3.02. The van der Waals surface area contributed by atoms with E-state index in [-0.39, 0.29) is 6.03 Å². The van der Waals surface area contributed by atoms with Crippen molar-refractivity contribution < 1.29 is 32.3 Å². The molecule has 0 saturated carbocycles. The summed E-state index contributed by atoms with van der Waals surface area (Å²) in [5.41, 5.74) is 2.11. The zero-order chi connectivity index (χ0) is 22.3. The fourth-order valence-electron chi connectivity index (χ4n) is 2.80. The highest BCUT2D eigenvalue weighted by molar-refractivity contribution is 5.73. The monoisotopic (exact) mass is 431 g/mol. The second-order valence-electron chi connectivity index (χ2n) is 6.83. The Morgan fingerprint density at radius 2 is 2.03 bits per heavy atom. The van der Waals surface area contributed by atoms with Gasteiger partial charge in [0.25, 0.3) is 0 Å². The van der Waals surface area contributed by atoms with Crippen LogP contribution in [0.4, 0.5) is 18.0 Å². The average Bonchev–Trinajstić information content (AvgIpc) is 3.25. The smallest absolute Gasteiger partial charge is 0.475 e. The molecule has 2 aromatic rings. The first-order valence-electron chi connectivity index (χ1n) is 9.10. The van der Waals surface area contributed by atoms with E-state index in [9.17, 15) is 18.0 Å². The van der Waals surface area contributed by atoms with E-state index in [1.807, 2.05) is 18.5 Å². The van der Waals surface area contributed by atoms with Gasteiger partial charge in [0.2, 0.25) is 0 Å². The standard InChI is InChI=1S/C16H23N5O2.C2HF3O2/c1-19(2)16(22)17-9-14-15-11-20(10-13-5-3-8-23-13)6-4-7-21(15)12-18-14;3-2(4,5)1(6)7/h3,5,8,12H,4,6-7,9-11H2,1-2H3,(H,17,22);(H,6,7). The molecule has 3 rings (SSSR count). The van der Waals surface area contributed by atoms with Gasteiger partial charge in [-0.2, -0.15) is 13.2 Å². The molecule has 30 heavy (non-hydrogen) atoms. The number of carboxylic acids is 1. The van der Waals surface area contributed by atoms with Gasteiger partial charge in [-0.1, -0.05) is 0 Å². The average molecular weight is 431 g/mol. The summed E-state index contributed by atoms with van der Waals surface area (Å²) >= 11 is 0. The fraction of sp³-hybridized carbons (Fsp3) is 0.500. The van der Waals surface area contributed by atoms with Gasteiger partial charge in [-0.05, 0) is 18.6 Å². The van der Waals surface area contributed by atoms with E-state index in [2.05, 4.69) is 19.8 Å². The minimum Gasteiger partial charge on any atom is -0.475 e. The summed E-state index contributed by atoms with van der Waals surface area (Å²) in [4.78, 5) is 29.0. The molecule has 2 aromatic heterocycles. The molecule has 9 nitrogen and oxygen atoms in total. The number of fused-ring (bicyclic) bond motifs is 1. The van der Waals surface area contributed by atoms with Crippen LogP contribution in [0.15, 0.2) is 29.1 Å². The third-order valence-corrected chi connectivity index (χ3v) is 4.29. The van der Waals surface area contributed by atoms with Crippen LogP contribution in [0, 0.1) is 0 Å². The highest BCUT2D eigenvalue weighted by Crippen LogP contribution is 2.18. The van der Waals surface area contributed by atoms with E-state index < -0.39 is 12.1 Å². The summed E-state index contributed by atoms with van der Waals surface area (Å²) in [6.07, 6.45) is -0.421. The number of amides is 2. The van der Waals surface area contributed by atoms with Crippen molar-refractivity contribution in [1.82, 2.24) is 24.7 Å². The molecule has 12 heteroatoms. The van der Waals surface area contributed by atoms with Crippen molar-refractivity contribution in [3.05, 3.63) is 41.9 Å². The molecule has 0 saturated heterocycles. The lowest BCUT2D eigenvalue weighted by Crippen LogP contribution is -2.34. The molecular weight excluding hydrogens is 407 g/mol. The Balaban J connectivity index is 0.000000396. The van der Waals surface area contributed by atoms with E-state index in [1.165, 1.54) is 10.6 Å². The maximum absolute atomic E-state index is 11.7. The van der Waals surface area contributed by atoms with Gasteiger partial charge in [0.15, 0.2) is 0 Å². The number of hydrogen-bond donors (Lipinski definition) is 2. The number of hydrogen-bond acceptors (Lipinski definition) is 5. The number of carbonyl (C=O) groups excluding carboxylic acids is 1. The van der Waals surface area contributed by atoms with E-state index in [1.54, 1.807) is 20.4 Å². The number of nitrogens with one attached hydrogen (secondary N) is 1. The number of nitrogens with zero attached hydrogens (tertiary/aromatic N) is 4. The van der Waals surface area contributed by atoms with Crippen LogP contribution < -0.4 is 5.32 Å². The predicted octanol–water partition coefficient (Wildman–Crippen LogP) is 2.29. The van der Waals surface area contributed by atoms with Crippen LogP contribution in [0.2, 0.25) is 0 Å². The van der Waals surface area contributed by atoms with Crippen molar-refractivity contribution in [1.29, 1.82) is 0 Å². The number of aryl methyl sites for hydroxylation is 1. The molecule has 0 aromatic carbocycles. The number of carboxylic acid groups (broad SMARTS) is 1. The number of aliphatic carboxylic acids is 1. The van der Waals surface area contributed by atoms with Crippen LogP contribution in [0.1, 0.15) is 23.6 Å². The van der Waals surface area contributed by atoms with Gasteiger partial charge in [-0.3, -0.25) is 4.90 Å². The van der Waals surface area contributed by atoms with Crippen molar-refractivity contribution in [3.8, 4) is 0 Å². The summed E-state index contributed by atoms with van der Waals surface area (Å²) in [5, 5.41) is 10.0. The predicted molar refractivity (Wildman–Crippen MR) is 99.3 cm³/mol. The third-order valence-electron chi connectivity index (χ3n) is 4.29. The van der Waals surface area contributed by atoms with Crippen LogP contribution in [-0.2, 0) is 31.0 Å². The molecule has 1 aliphatic heterocycles. The van der Waals surface area contributed by atoms with Crippen LogP contribution >= 0.6 is 0 Å². The van der Waals surface area contributed by atoms with Gasteiger partial charge in [0.05, 0.1) is 37.1 Å². The van der Waals surface area contributed by atoms with E-state index in [0.717, 1.165) is 44.1 Å². The molecule has 1 aliphatic rings. The van der Waals surface area contributed by atoms with E-state index in [4.69, 9.17) is 14.3 Å². The highest BCUT2D eigenvalue weighted by atomic mass is 19.4. The molecule has 0 aliphatic carbocycles. The lowest BCUT2D eigenvalue weighted by atomic mass is 10.3. The van der Waals surface area contributed by atoms with Gasteiger partial charge in [0, 0.05) is 33.7 Å². The minimum absolute atomic E-state index is 0.104. The molecular formula is C18H24F3N5O4. The number of aromatic nitrogens is 2. The summed E-state index contributed by atoms with van der Waals surface area (Å²) < 4.78 is 39.4. The minimum atomic E-state index is -5.08. The van der Waals surface area contributed by atoms with Crippen molar-refractivity contribution in [2.75, 3.05) is 20.6 Å². The molecule has 2 amide bonds. The molecule has 0 radical (unpaired) electrons. The van der Waals surface area contributed by atoms with Gasteiger partial charge >= 0.3 is 18.2 Å². The molecule has 0 spiro atoms. The molecule has 0 unspecified atom stereocenters. The van der Waals surface area contributed by atoms with Crippen LogP contribution in [-0.4, -0.2) is 63.3 Å². The highest BCUT2D eigenvalue weighted by Gasteiger charge is 2.38. The van der Waals surface area contributed by atoms with Gasteiger partial charge < -0.3 is 24.3 Å². The first-order valence-corrected chi connectivity index (χ1v) is 9.10. The summed E-state index contributed by atoms with van der Waals surface area (Å²) in [6.45, 7) is 4.04. The Labute approximate surface area is 171 Å². The lowest BCUT2D eigenvalue weighted by molar-refractivity contribution is -0.192. The fourth-order valence-corrected chi connectivity index (χ4v) is 2.80. The Morgan fingerprint density at radius 1 is 1.33 bits per heavy atom. The number of halogens is 3. The topological polar surface area (TPSA) is 104 Å². The SMILES string of the molecule is CN(C)C(=O)NCc1ncn2c1CN(Cc1ccco1)CCC2.O=C(O)C(F)(F)F. The molecule has 0 fully saturated rings. The molecule has 2 N–H and O–H groups in total. The number of urea groups is 1. The molecule has 3 heterocycles. The number of alkyl halides is 3. The third kappa shape index (κ3) is 6.79. The maximum Gasteiger partial charge on any atom is 0.490 e.